The quantitative estimate of drug-likeness (QED) is 0.598. The minimum Gasteiger partial charge on any atom is -0.344 e. The number of hydrogen-bond donors (Lipinski definition) is 3. The summed E-state index contributed by atoms with van der Waals surface area (Å²) in [6.45, 7) is 1.95. The Bertz CT molecular complexity index is 276. The molecule has 1 aromatic carbocycles. The highest BCUT2D eigenvalue weighted by molar-refractivity contribution is 5.25. The molecule has 0 aromatic heterocycles. The van der Waals surface area contributed by atoms with E-state index < -0.39 is 5.97 Å². The van der Waals surface area contributed by atoms with Gasteiger partial charge < -0.3 is 15.3 Å². The van der Waals surface area contributed by atoms with Crippen LogP contribution < -0.4 is 0 Å². The van der Waals surface area contributed by atoms with E-state index >= 15 is 0 Å². The molecule has 0 saturated carbocycles. The van der Waals surface area contributed by atoms with Gasteiger partial charge in [0.05, 0.1) is 0 Å². The fourth-order valence-corrected chi connectivity index (χ4v) is 1.19. The van der Waals surface area contributed by atoms with Crippen LogP contribution in [-0.2, 0) is 6.42 Å². The highest BCUT2D eigenvalue weighted by atomic mass is 16.7. The van der Waals surface area contributed by atoms with E-state index in [9.17, 15) is 0 Å². The van der Waals surface area contributed by atoms with Crippen molar-refractivity contribution in [1.82, 2.24) is 0 Å². The van der Waals surface area contributed by atoms with Crippen LogP contribution in [0.5, 0.6) is 0 Å². The lowest BCUT2D eigenvalue weighted by atomic mass is 10.0. The maximum atomic E-state index is 8.68. The van der Waals surface area contributed by atoms with Crippen LogP contribution in [0, 0.1) is 6.92 Å². The van der Waals surface area contributed by atoms with Crippen molar-refractivity contribution in [2.24, 2.45) is 0 Å². The van der Waals surface area contributed by atoms with Gasteiger partial charge in [0.1, 0.15) is 0 Å². The number of hydrogen-bond acceptors (Lipinski definition) is 3. The van der Waals surface area contributed by atoms with Crippen molar-refractivity contribution in [2.45, 2.75) is 25.7 Å². The highest BCUT2D eigenvalue weighted by Gasteiger charge is 2.17. The number of aryl methyl sites for hydroxylation is 2. The largest absolute Gasteiger partial charge is 0.344 e. The molecular formula is C10H14O3. The normalized spacial score (nSPS) is 11.7. The van der Waals surface area contributed by atoms with Gasteiger partial charge in [-0.2, -0.15) is 0 Å². The average molecular weight is 182 g/mol. The van der Waals surface area contributed by atoms with E-state index in [0.717, 1.165) is 11.1 Å². The summed E-state index contributed by atoms with van der Waals surface area (Å²) in [4.78, 5) is 0. The Balaban J connectivity index is 2.60. The molecule has 0 amide bonds. The summed E-state index contributed by atoms with van der Waals surface area (Å²) < 4.78 is 0. The first-order chi connectivity index (χ1) is 5.99. The summed E-state index contributed by atoms with van der Waals surface area (Å²) in [6, 6.07) is 7.66. The first kappa shape index (κ1) is 10.2. The first-order valence-corrected chi connectivity index (χ1v) is 4.21. The van der Waals surface area contributed by atoms with Crippen molar-refractivity contribution in [3.63, 3.8) is 0 Å². The summed E-state index contributed by atoms with van der Waals surface area (Å²) in [5, 5.41) is 26.0. The molecule has 0 atom stereocenters. The second-order valence-electron chi connectivity index (χ2n) is 3.20. The van der Waals surface area contributed by atoms with Gasteiger partial charge in [-0.25, -0.2) is 0 Å². The average Bonchev–Trinajstić information content (AvgIpc) is 2.01. The zero-order valence-corrected chi connectivity index (χ0v) is 7.57. The van der Waals surface area contributed by atoms with Crippen LogP contribution in [-0.4, -0.2) is 21.3 Å². The Labute approximate surface area is 77.3 Å². The molecule has 0 aliphatic rings. The number of aliphatic hydroxyl groups is 3. The van der Waals surface area contributed by atoms with Crippen molar-refractivity contribution >= 4 is 0 Å². The lowest BCUT2D eigenvalue weighted by Gasteiger charge is -2.14. The van der Waals surface area contributed by atoms with Crippen LogP contribution in [0.4, 0.5) is 0 Å². The van der Waals surface area contributed by atoms with Crippen molar-refractivity contribution in [1.29, 1.82) is 0 Å². The van der Waals surface area contributed by atoms with Gasteiger partial charge in [-0.3, -0.25) is 0 Å². The molecule has 0 heterocycles. The van der Waals surface area contributed by atoms with Crippen LogP contribution in [0.3, 0.4) is 0 Å². The van der Waals surface area contributed by atoms with E-state index in [1.54, 1.807) is 0 Å². The van der Waals surface area contributed by atoms with E-state index in [0.29, 0.717) is 6.42 Å². The molecule has 13 heavy (non-hydrogen) atoms. The summed E-state index contributed by atoms with van der Waals surface area (Å²) in [7, 11) is 0. The van der Waals surface area contributed by atoms with Crippen molar-refractivity contribution in [3.8, 4) is 0 Å². The minimum absolute atomic E-state index is 0.0716. The smallest absolute Gasteiger partial charge is 0.275 e. The molecule has 72 valence electrons. The summed E-state index contributed by atoms with van der Waals surface area (Å²) in [6.07, 6.45) is 0.383. The fraction of sp³-hybridized carbons (Fsp3) is 0.400. The Morgan fingerprint density at radius 2 is 1.77 bits per heavy atom. The van der Waals surface area contributed by atoms with Gasteiger partial charge in [-0.15, -0.1) is 0 Å². The number of rotatable bonds is 3. The van der Waals surface area contributed by atoms with Gasteiger partial charge in [0.2, 0.25) is 0 Å². The summed E-state index contributed by atoms with van der Waals surface area (Å²) in [5.74, 6) is -2.55. The van der Waals surface area contributed by atoms with Gasteiger partial charge in [0.25, 0.3) is 5.97 Å². The molecule has 0 spiro atoms. The predicted octanol–water partition coefficient (Wildman–Crippen LogP) is 0.558. The van der Waals surface area contributed by atoms with Crippen LogP contribution in [0.15, 0.2) is 24.3 Å². The van der Waals surface area contributed by atoms with Crippen LogP contribution in [0.1, 0.15) is 17.5 Å². The summed E-state index contributed by atoms with van der Waals surface area (Å²) >= 11 is 0. The molecule has 1 aromatic rings. The molecule has 0 radical (unpaired) electrons. The maximum absolute atomic E-state index is 8.68. The zero-order valence-electron chi connectivity index (χ0n) is 7.57. The van der Waals surface area contributed by atoms with Gasteiger partial charge in [0.15, 0.2) is 0 Å². The lowest BCUT2D eigenvalue weighted by molar-refractivity contribution is -0.314. The lowest BCUT2D eigenvalue weighted by Crippen LogP contribution is -2.27. The molecule has 1 rings (SSSR count). The van der Waals surface area contributed by atoms with E-state index in [1.165, 1.54) is 0 Å². The molecule has 0 saturated heterocycles. The summed E-state index contributed by atoms with van der Waals surface area (Å²) in [5.41, 5.74) is 2.11. The molecular weight excluding hydrogens is 168 g/mol. The Hall–Kier alpha value is -0.900. The maximum Gasteiger partial charge on any atom is 0.275 e. The van der Waals surface area contributed by atoms with Crippen LogP contribution >= 0.6 is 0 Å². The fourth-order valence-electron chi connectivity index (χ4n) is 1.19. The second-order valence-corrected chi connectivity index (χ2v) is 3.20. The van der Waals surface area contributed by atoms with Crippen molar-refractivity contribution < 1.29 is 15.3 Å². The number of benzene rings is 1. The van der Waals surface area contributed by atoms with Gasteiger partial charge in [-0.05, 0) is 24.5 Å². The molecule has 0 aliphatic carbocycles. The topological polar surface area (TPSA) is 60.7 Å². The molecule has 3 heteroatoms. The van der Waals surface area contributed by atoms with Crippen LogP contribution in [0.25, 0.3) is 0 Å². The van der Waals surface area contributed by atoms with Crippen LogP contribution in [0.2, 0.25) is 0 Å². The van der Waals surface area contributed by atoms with E-state index in [2.05, 4.69) is 0 Å². The minimum atomic E-state index is -2.55. The molecule has 0 unspecified atom stereocenters. The third kappa shape index (κ3) is 3.55. The Kier molecular flexibility index (Phi) is 3.03. The Morgan fingerprint density at radius 3 is 2.31 bits per heavy atom. The van der Waals surface area contributed by atoms with E-state index in [-0.39, 0.29) is 6.42 Å². The standard InChI is InChI=1S/C10H14O3/c1-8-4-2-3-5-9(8)6-7-10(11,12)13/h2-5,11-13H,6-7H2,1H3. The monoisotopic (exact) mass is 182 g/mol. The predicted molar refractivity (Wildman–Crippen MR) is 48.9 cm³/mol. The SMILES string of the molecule is Cc1ccccc1CCC(O)(O)O. The molecule has 0 aliphatic heterocycles. The van der Waals surface area contributed by atoms with Crippen molar-refractivity contribution in [3.05, 3.63) is 35.4 Å². The molecule has 3 N–H and O–H groups in total. The Morgan fingerprint density at radius 1 is 1.15 bits per heavy atom. The first-order valence-electron chi connectivity index (χ1n) is 4.21. The molecule has 3 nitrogen and oxygen atoms in total. The zero-order chi connectivity index (χ0) is 9.90. The molecule has 0 bridgehead atoms. The third-order valence-electron chi connectivity index (χ3n) is 1.99. The van der Waals surface area contributed by atoms with E-state index in [1.807, 2.05) is 31.2 Å². The molecule has 0 fully saturated rings. The van der Waals surface area contributed by atoms with E-state index in [4.69, 9.17) is 15.3 Å². The van der Waals surface area contributed by atoms with Gasteiger partial charge in [0, 0.05) is 6.42 Å². The van der Waals surface area contributed by atoms with Gasteiger partial charge >= 0.3 is 0 Å². The van der Waals surface area contributed by atoms with Crippen molar-refractivity contribution in [2.75, 3.05) is 0 Å². The highest BCUT2D eigenvalue weighted by Crippen LogP contribution is 2.12. The van der Waals surface area contributed by atoms with Gasteiger partial charge in [-0.1, -0.05) is 24.3 Å². The third-order valence-corrected chi connectivity index (χ3v) is 1.99. The second kappa shape index (κ2) is 3.87.